The van der Waals surface area contributed by atoms with Crippen LogP contribution >= 0.6 is 0 Å². The van der Waals surface area contributed by atoms with Crippen molar-refractivity contribution in [1.82, 2.24) is 30.8 Å². The molecule has 0 radical (unpaired) electrons. The molecule has 0 unspecified atom stereocenters. The minimum absolute atomic E-state index is 0.116. The Morgan fingerprint density at radius 3 is 2.52 bits per heavy atom. The Morgan fingerprint density at radius 2 is 2.00 bits per heavy atom. The molecule has 1 atom stereocenters. The first-order chi connectivity index (χ1) is 9.88. The maximum absolute atomic E-state index is 11.6. The van der Waals surface area contributed by atoms with E-state index in [4.69, 9.17) is 5.11 Å². The molecule has 0 aliphatic heterocycles. The van der Waals surface area contributed by atoms with Gasteiger partial charge in [0.25, 0.3) is 0 Å². The number of nitrogens with one attached hydrogen (secondary N) is 2. The van der Waals surface area contributed by atoms with E-state index in [0.717, 1.165) is 0 Å². The number of nitrogens with zero attached hydrogens (tertiary/aromatic N) is 4. The van der Waals surface area contributed by atoms with Gasteiger partial charge in [-0.25, -0.2) is 9.48 Å². The van der Waals surface area contributed by atoms with Crippen LogP contribution in [0.5, 0.6) is 0 Å². The first kappa shape index (κ1) is 16.5. The molecule has 3 N–H and O–H groups in total. The van der Waals surface area contributed by atoms with E-state index in [0.29, 0.717) is 6.42 Å². The molecule has 0 saturated heterocycles. The van der Waals surface area contributed by atoms with Gasteiger partial charge >= 0.3 is 5.97 Å². The van der Waals surface area contributed by atoms with E-state index in [9.17, 15) is 14.4 Å². The average molecular weight is 298 g/mol. The van der Waals surface area contributed by atoms with Gasteiger partial charge in [-0.15, -0.1) is 5.10 Å². The zero-order valence-corrected chi connectivity index (χ0v) is 11.8. The fourth-order valence-corrected chi connectivity index (χ4v) is 1.57. The number of carbonyl (C=O) groups is 3. The van der Waals surface area contributed by atoms with Crippen LogP contribution < -0.4 is 10.6 Å². The molecule has 2 amide bonds. The molecule has 1 rings (SSSR count). The molecule has 21 heavy (non-hydrogen) atoms. The lowest BCUT2D eigenvalue weighted by molar-refractivity contribution is -0.142. The van der Waals surface area contributed by atoms with Crippen molar-refractivity contribution >= 4 is 17.8 Å². The first-order valence-corrected chi connectivity index (χ1v) is 6.38. The van der Waals surface area contributed by atoms with Gasteiger partial charge in [-0.05, 0) is 22.8 Å². The first-order valence-electron chi connectivity index (χ1n) is 6.38. The van der Waals surface area contributed by atoms with Gasteiger partial charge in [0.05, 0.1) is 6.54 Å². The highest BCUT2D eigenvalue weighted by molar-refractivity contribution is 5.87. The van der Waals surface area contributed by atoms with Crippen molar-refractivity contribution in [3.8, 4) is 0 Å². The van der Waals surface area contributed by atoms with Gasteiger partial charge in [-0.1, -0.05) is 13.8 Å². The lowest BCUT2D eigenvalue weighted by atomic mass is 10.0. The maximum Gasteiger partial charge on any atom is 0.326 e. The number of carbonyl (C=O) groups excluding carboxylic acids is 2. The predicted octanol–water partition coefficient (Wildman–Crippen LogP) is -1.60. The summed E-state index contributed by atoms with van der Waals surface area (Å²) in [6, 6.07) is -0.964. The maximum atomic E-state index is 11.6. The second kappa shape index (κ2) is 7.92. The summed E-state index contributed by atoms with van der Waals surface area (Å²) < 4.78 is 1.20. The van der Waals surface area contributed by atoms with Crippen LogP contribution in [0.2, 0.25) is 0 Å². The van der Waals surface area contributed by atoms with Crippen molar-refractivity contribution in [1.29, 1.82) is 0 Å². The summed E-state index contributed by atoms with van der Waals surface area (Å²) >= 11 is 0. The average Bonchev–Trinajstić information content (AvgIpc) is 2.87. The largest absolute Gasteiger partial charge is 0.480 e. The minimum Gasteiger partial charge on any atom is -0.480 e. The Kier molecular flexibility index (Phi) is 6.24. The third-order valence-electron chi connectivity index (χ3n) is 2.48. The van der Waals surface area contributed by atoms with E-state index in [1.807, 2.05) is 13.8 Å². The summed E-state index contributed by atoms with van der Waals surface area (Å²) in [7, 11) is 0. The van der Waals surface area contributed by atoms with Crippen LogP contribution in [0.3, 0.4) is 0 Å². The van der Waals surface area contributed by atoms with E-state index in [1.54, 1.807) is 0 Å². The standard InChI is InChI=1S/C11H18N6O4/c1-7(2)3-8(11(20)21)14-9(18)4-12-10(19)5-17-6-13-15-16-17/h6-8H,3-5H2,1-2H3,(H,12,19)(H,14,18)(H,20,21)/t8-/m0/s1. The molecule has 116 valence electrons. The molecule has 10 nitrogen and oxygen atoms in total. The molecule has 0 fully saturated rings. The highest BCUT2D eigenvalue weighted by Gasteiger charge is 2.21. The van der Waals surface area contributed by atoms with Crippen molar-refractivity contribution in [3.05, 3.63) is 6.33 Å². The molecule has 0 bridgehead atoms. The van der Waals surface area contributed by atoms with Gasteiger partial charge < -0.3 is 15.7 Å². The van der Waals surface area contributed by atoms with Crippen molar-refractivity contribution < 1.29 is 19.5 Å². The van der Waals surface area contributed by atoms with E-state index < -0.39 is 23.8 Å². The van der Waals surface area contributed by atoms with Crippen molar-refractivity contribution in [2.75, 3.05) is 6.54 Å². The Bertz CT molecular complexity index is 487. The van der Waals surface area contributed by atoms with Crippen molar-refractivity contribution in [3.63, 3.8) is 0 Å². The summed E-state index contributed by atoms with van der Waals surface area (Å²) in [5.41, 5.74) is 0. The van der Waals surface area contributed by atoms with Crippen LogP contribution in [-0.4, -0.2) is 55.7 Å². The van der Waals surface area contributed by atoms with Gasteiger partial charge in [0.15, 0.2) is 0 Å². The fourth-order valence-electron chi connectivity index (χ4n) is 1.57. The zero-order chi connectivity index (χ0) is 15.8. The summed E-state index contributed by atoms with van der Waals surface area (Å²) in [5, 5.41) is 23.9. The van der Waals surface area contributed by atoms with Crippen molar-refractivity contribution in [2.24, 2.45) is 5.92 Å². The molecule has 0 saturated carbocycles. The molecule has 0 aromatic carbocycles. The number of aromatic nitrogens is 4. The number of aliphatic carboxylic acids is 1. The molecule has 0 spiro atoms. The second-order valence-corrected chi connectivity index (χ2v) is 4.87. The van der Waals surface area contributed by atoms with Gasteiger partial charge in [0.2, 0.25) is 11.8 Å². The normalized spacial score (nSPS) is 12.0. The molecule has 1 heterocycles. The Hall–Kier alpha value is -2.52. The lowest BCUT2D eigenvalue weighted by Gasteiger charge is -2.16. The van der Waals surface area contributed by atoms with Gasteiger partial charge in [-0.2, -0.15) is 0 Å². The molecule has 0 aliphatic rings. The quantitative estimate of drug-likeness (QED) is 0.525. The summed E-state index contributed by atoms with van der Waals surface area (Å²) in [6.45, 7) is 3.30. The zero-order valence-electron chi connectivity index (χ0n) is 11.8. The topological polar surface area (TPSA) is 139 Å². The van der Waals surface area contributed by atoms with E-state index in [2.05, 4.69) is 26.2 Å². The van der Waals surface area contributed by atoms with Crippen LogP contribution in [0, 0.1) is 5.92 Å². The molecular formula is C11H18N6O4. The molecule has 0 aliphatic carbocycles. The van der Waals surface area contributed by atoms with E-state index in [1.165, 1.54) is 11.0 Å². The van der Waals surface area contributed by atoms with Gasteiger partial charge in [-0.3, -0.25) is 9.59 Å². The highest BCUT2D eigenvalue weighted by Crippen LogP contribution is 2.04. The van der Waals surface area contributed by atoms with Crippen LogP contribution in [0.4, 0.5) is 0 Å². The molecular weight excluding hydrogens is 280 g/mol. The second-order valence-electron chi connectivity index (χ2n) is 4.87. The highest BCUT2D eigenvalue weighted by atomic mass is 16.4. The van der Waals surface area contributed by atoms with E-state index in [-0.39, 0.29) is 19.0 Å². The SMILES string of the molecule is CC(C)C[C@H](NC(=O)CNC(=O)Cn1cnnn1)C(=O)O. The summed E-state index contributed by atoms with van der Waals surface area (Å²) in [6.07, 6.45) is 1.59. The number of hydrogen-bond donors (Lipinski definition) is 3. The van der Waals surface area contributed by atoms with Gasteiger partial charge in [0, 0.05) is 0 Å². The number of carboxylic acid groups (broad SMARTS) is 1. The Morgan fingerprint density at radius 1 is 1.29 bits per heavy atom. The number of tetrazole rings is 1. The van der Waals surface area contributed by atoms with Crippen molar-refractivity contribution in [2.45, 2.75) is 32.9 Å². The summed E-state index contributed by atoms with van der Waals surface area (Å²) in [4.78, 5) is 34.1. The number of rotatable bonds is 8. The monoisotopic (exact) mass is 298 g/mol. The summed E-state index contributed by atoms with van der Waals surface area (Å²) in [5.74, 6) is -1.99. The van der Waals surface area contributed by atoms with Crippen LogP contribution in [-0.2, 0) is 20.9 Å². The lowest BCUT2D eigenvalue weighted by Crippen LogP contribution is -2.46. The molecule has 1 aromatic heterocycles. The number of hydrogen-bond acceptors (Lipinski definition) is 6. The third kappa shape index (κ3) is 6.45. The molecule has 10 heteroatoms. The Balaban J connectivity index is 2.35. The smallest absolute Gasteiger partial charge is 0.326 e. The van der Waals surface area contributed by atoms with Crippen LogP contribution in [0.15, 0.2) is 6.33 Å². The molecule has 1 aromatic rings. The minimum atomic E-state index is -1.10. The Labute approximate surface area is 120 Å². The third-order valence-corrected chi connectivity index (χ3v) is 2.48. The predicted molar refractivity (Wildman–Crippen MR) is 69.8 cm³/mol. The number of amides is 2. The van der Waals surface area contributed by atoms with E-state index >= 15 is 0 Å². The van der Waals surface area contributed by atoms with Gasteiger partial charge in [0.1, 0.15) is 18.9 Å². The fraction of sp³-hybridized carbons (Fsp3) is 0.636. The van der Waals surface area contributed by atoms with Crippen LogP contribution in [0.25, 0.3) is 0 Å². The number of carboxylic acids is 1. The van der Waals surface area contributed by atoms with Crippen LogP contribution in [0.1, 0.15) is 20.3 Å².